The Morgan fingerprint density at radius 1 is 1.40 bits per heavy atom. The van der Waals surface area contributed by atoms with Crippen LogP contribution in [0.1, 0.15) is 37.0 Å². The number of aliphatic carboxylic acids is 1. The van der Waals surface area contributed by atoms with Gasteiger partial charge in [0.15, 0.2) is 0 Å². The van der Waals surface area contributed by atoms with Gasteiger partial charge < -0.3 is 14.9 Å². The summed E-state index contributed by atoms with van der Waals surface area (Å²) in [7, 11) is 1.61. The van der Waals surface area contributed by atoms with E-state index < -0.39 is 18.0 Å². The molecule has 4 atom stereocenters. The van der Waals surface area contributed by atoms with E-state index in [4.69, 9.17) is 4.74 Å². The molecular weight excluding hydrogens is 256 g/mol. The quantitative estimate of drug-likeness (QED) is 0.888. The highest BCUT2D eigenvalue weighted by molar-refractivity contribution is 5.71. The molecule has 0 aliphatic heterocycles. The largest absolute Gasteiger partial charge is 0.496 e. The number of aryl methyl sites for hydroxylation is 1. The van der Waals surface area contributed by atoms with Crippen molar-refractivity contribution in [1.82, 2.24) is 0 Å². The first-order valence-electron chi connectivity index (χ1n) is 6.99. The van der Waals surface area contributed by atoms with Crippen molar-refractivity contribution in [2.45, 2.75) is 32.8 Å². The van der Waals surface area contributed by atoms with Crippen LogP contribution in [0, 0.1) is 24.7 Å². The zero-order chi connectivity index (χ0) is 14.9. The maximum atomic E-state index is 11.3. The van der Waals surface area contributed by atoms with Crippen molar-refractivity contribution >= 4 is 5.97 Å². The number of carboxylic acids is 1. The second-order valence-electron chi connectivity index (χ2n) is 5.86. The number of methoxy groups -OCH3 is 1. The second kappa shape index (κ2) is 5.83. The molecule has 0 radical (unpaired) electrons. The smallest absolute Gasteiger partial charge is 0.306 e. The zero-order valence-electron chi connectivity index (χ0n) is 12.2. The van der Waals surface area contributed by atoms with E-state index in [1.807, 2.05) is 32.0 Å². The molecule has 2 rings (SSSR count). The van der Waals surface area contributed by atoms with Crippen LogP contribution in [0.4, 0.5) is 0 Å². The topological polar surface area (TPSA) is 66.8 Å². The fourth-order valence-electron chi connectivity index (χ4n) is 3.30. The third-order valence-electron chi connectivity index (χ3n) is 4.33. The number of rotatable bonds is 4. The molecule has 4 heteroatoms. The van der Waals surface area contributed by atoms with E-state index in [1.165, 1.54) is 0 Å². The Hall–Kier alpha value is -1.55. The second-order valence-corrected chi connectivity index (χ2v) is 5.86. The Morgan fingerprint density at radius 2 is 2.10 bits per heavy atom. The van der Waals surface area contributed by atoms with Crippen molar-refractivity contribution in [3.8, 4) is 5.75 Å². The van der Waals surface area contributed by atoms with Gasteiger partial charge in [-0.2, -0.15) is 0 Å². The monoisotopic (exact) mass is 278 g/mol. The maximum Gasteiger partial charge on any atom is 0.306 e. The fraction of sp³-hybridized carbons (Fsp3) is 0.562. The van der Waals surface area contributed by atoms with Gasteiger partial charge in [-0.05, 0) is 48.9 Å². The Morgan fingerprint density at radius 3 is 2.65 bits per heavy atom. The molecule has 20 heavy (non-hydrogen) atoms. The summed E-state index contributed by atoms with van der Waals surface area (Å²) in [6, 6.07) is 5.52. The minimum atomic E-state index is -0.802. The number of ether oxygens (including phenoxy) is 1. The Balaban J connectivity index is 2.24. The zero-order valence-corrected chi connectivity index (χ0v) is 12.2. The normalized spacial score (nSPS) is 27.3. The predicted molar refractivity (Wildman–Crippen MR) is 75.7 cm³/mol. The highest BCUT2D eigenvalue weighted by atomic mass is 16.5. The van der Waals surface area contributed by atoms with E-state index in [1.54, 1.807) is 7.11 Å². The molecule has 1 saturated carbocycles. The number of carboxylic acid groups (broad SMARTS) is 1. The van der Waals surface area contributed by atoms with Gasteiger partial charge in [0.25, 0.3) is 0 Å². The van der Waals surface area contributed by atoms with E-state index >= 15 is 0 Å². The molecule has 0 heterocycles. The molecule has 1 aliphatic carbocycles. The van der Waals surface area contributed by atoms with Crippen molar-refractivity contribution in [3.63, 3.8) is 0 Å². The Labute approximate surface area is 119 Å². The molecular formula is C16H22O4. The van der Waals surface area contributed by atoms with Gasteiger partial charge in [0.2, 0.25) is 0 Å². The summed E-state index contributed by atoms with van der Waals surface area (Å²) in [6.45, 7) is 3.96. The van der Waals surface area contributed by atoms with Crippen molar-refractivity contribution in [1.29, 1.82) is 0 Å². The van der Waals surface area contributed by atoms with Gasteiger partial charge >= 0.3 is 5.97 Å². The summed E-state index contributed by atoms with van der Waals surface area (Å²) in [5.74, 6) is -0.355. The van der Waals surface area contributed by atoms with Crippen LogP contribution in [-0.4, -0.2) is 23.3 Å². The van der Waals surface area contributed by atoms with E-state index in [0.717, 1.165) is 23.3 Å². The minimum absolute atomic E-state index is 0.213. The number of benzene rings is 1. The van der Waals surface area contributed by atoms with Gasteiger partial charge in [-0.25, -0.2) is 0 Å². The van der Waals surface area contributed by atoms with E-state index in [9.17, 15) is 15.0 Å². The molecule has 1 aliphatic rings. The van der Waals surface area contributed by atoms with Gasteiger partial charge in [0.05, 0.1) is 19.1 Å². The first kappa shape index (κ1) is 14.9. The van der Waals surface area contributed by atoms with Crippen LogP contribution < -0.4 is 4.74 Å². The lowest BCUT2D eigenvalue weighted by Crippen LogP contribution is -2.23. The van der Waals surface area contributed by atoms with Gasteiger partial charge in [-0.15, -0.1) is 0 Å². The molecule has 2 N–H and O–H groups in total. The summed E-state index contributed by atoms with van der Waals surface area (Å²) in [5, 5.41) is 19.8. The van der Waals surface area contributed by atoms with Crippen molar-refractivity contribution in [2.24, 2.45) is 17.8 Å². The van der Waals surface area contributed by atoms with Gasteiger partial charge in [-0.3, -0.25) is 4.79 Å². The van der Waals surface area contributed by atoms with Gasteiger partial charge in [0, 0.05) is 5.92 Å². The lowest BCUT2D eigenvalue weighted by molar-refractivity contribution is -0.144. The summed E-state index contributed by atoms with van der Waals surface area (Å²) in [6.07, 6.45) is 0.667. The number of hydrogen-bond donors (Lipinski definition) is 2. The average molecular weight is 278 g/mol. The molecule has 0 saturated heterocycles. The number of aliphatic hydroxyl groups excluding tert-OH is 1. The predicted octanol–water partition coefficient (Wildman–Crippen LogP) is 2.78. The fourth-order valence-corrected chi connectivity index (χ4v) is 3.30. The van der Waals surface area contributed by atoms with Crippen molar-refractivity contribution in [3.05, 3.63) is 29.3 Å². The van der Waals surface area contributed by atoms with E-state index in [2.05, 4.69) is 0 Å². The minimum Gasteiger partial charge on any atom is -0.496 e. The highest BCUT2D eigenvalue weighted by Crippen LogP contribution is 2.43. The molecule has 0 bridgehead atoms. The van der Waals surface area contributed by atoms with Crippen LogP contribution >= 0.6 is 0 Å². The number of aliphatic hydroxyl groups is 1. The molecule has 1 fully saturated rings. The van der Waals surface area contributed by atoms with Crippen molar-refractivity contribution < 1.29 is 19.7 Å². The Kier molecular flexibility index (Phi) is 4.33. The van der Waals surface area contributed by atoms with Crippen LogP contribution in [-0.2, 0) is 4.79 Å². The summed E-state index contributed by atoms with van der Waals surface area (Å²) in [5.41, 5.74) is 1.72. The Bertz CT molecular complexity index is 497. The third-order valence-corrected chi connectivity index (χ3v) is 4.33. The lowest BCUT2D eigenvalue weighted by Gasteiger charge is -2.23. The molecule has 110 valence electrons. The first-order chi connectivity index (χ1) is 9.43. The highest BCUT2D eigenvalue weighted by Gasteiger charge is 2.41. The summed E-state index contributed by atoms with van der Waals surface area (Å²) in [4.78, 5) is 11.3. The van der Waals surface area contributed by atoms with Gasteiger partial charge in [0.1, 0.15) is 5.75 Å². The van der Waals surface area contributed by atoms with Crippen LogP contribution in [0.2, 0.25) is 0 Å². The van der Waals surface area contributed by atoms with E-state index in [0.29, 0.717) is 12.3 Å². The molecule has 0 amide bonds. The number of carbonyl (C=O) groups is 1. The van der Waals surface area contributed by atoms with Crippen molar-refractivity contribution in [2.75, 3.05) is 7.11 Å². The average Bonchev–Trinajstić information content (AvgIpc) is 2.80. The molecule has 4 unspecified atom stereocenters. The van der Waals surface area contributed by atoms with E-state index in [-0.39, 0.29) is 5.92 Å². The third kappa shape index (κ3) is 2.80. The SMILES string of the molecule is COc1ccc(C(O)C2CC(C)CC2C(=O)O)cc1C. The lowest BCUT2D eigenvalue weighted by atomic mass is 9.86. The number of hydrogen-bond acceptors (Lipinski definition) is 3. The van der Waals surface area contributed by atoms with Crippen LogP contribution in [0.3, 0.4) is 0 Å². The standard InChI is InChI=1S/C16H22O4/c1-9-6-12(13(7-9)16(18)19)15(17)11-4-5-14(20-3)10(2)8-11/h4-5,8-9,12-13,15,17H,6-7H2,1-3H3,(H,18,19). The summed E-state index contributed by atoms with van der Waals surface area (Å²) < 4.78 is 5.21. The van der Waals surface area contributed by atoms with Crippen LogP contribution in [0.25, 0.3) is 0 Å². The molecule has 0 aromatic heterocycles. The first-order valence-corrected chi connectivity index (χ1v) is 6.99. The van der Waals surface area contributed by atoms with Crippen LogP contribution in [0.15, 0.2) is 18.2 Å². The molecule has 1 aromatic carbocycles. The molecule has 4 nitrogen and oxygen atoms in total. The van der Waals surface area contributed by atoms with Gasteiger partial charge in [-0.1, -0.05) is 13.0 Å². The summed E-state index contributed by atoms with van der Waals surface area (Å²) >= 11 is 0. The molecule has 0 spiro atoms. The molecule has 1 aromatic rings. The maximum absolute atomic E-state index is 11.3. The van der Waals surface area contributed by atoms with Crippen LogP contribution in [0.5, 0.6) is 5.75 Å².